The van der Waals surface area contributed by atoms with Crippen molar-refractivity contribution in [3.63, 3.8) is 0 Å². The molecule has 0 aliphatic carbocycles. The summed E-state index contributed by atoms with van der Waals surface area (Å²) in [6.45, 7) is 3.82. The van der Waals surface area contributed by atoms with E-state index in [0.29, 0.717) is 0 Å². The molecule has 3 aromatic rings. The van der Waals surface area contributed by atoms with E-state index >= 15 is 0 Å². The molecular weight excluding hydrogens is 376 g/mol. The highest BCUT2D eigenvalue weighted by Gasteiger charge is 2.29. The molecule has 1 aromatic carbocycles. The third-order valence-corrected chi connectivity index (χ3v) is 5.62. The Morgan fingerprint density at radius 2 is 1.80 bits per heavy atom. The van der Waals surface area contributed by atoms with Gasteiger partial charge < -0.3 is 14.8 Å². The number of benzene rings is 1. The number of ether oxygens (including phenoxy) is 2. The topological polar surface area (TPSA) is 59.5 Å². The lowest BCUT2D eigenvalue weighted by atomic mass is 10.1. The summed E-state index contributed by atoms with van der Waals surface area (Å²) < 4.78 is 11.2. The Morgan fingerprint density at radius 1 is 1.03 bits per heavy atom. The van der Waals surface area contributed by atoms with Crippen molar-refractivity contribution in [2.45, 2.75) is 32.4 Å². The number of rotatable bonds is 7. The van der Waals surface area contributed by atoms with Crippen LogP contribution in [0.4, 0.5) is 11.6 Å². The van der Waals surface area contributed by atoms with Gasteiger partial charge in [0.2, 0.25) is 0 Å². The third kappa shape index (κ3) is 4.24. The van der Waals surface area contributed by atoms with Gasteiger partial charge in [0.25, 0.3) is 0 Å². The summed E-state index contributed by atoms with van der Waals surface area (Å²) in [7, 11) is 3.41. The number of aromatic nitrogens is 2. The highest BCUT2D eigenvalue weighted by Crippen LogP contribution is 2.37. The molecule has 1 N–H and O–H groups in total. The summed E-state index contributed by atoms with van der Waals surface area (Å²) >= 11 is 0. The van der Waals surface area contributed by atoms with Crippen LogP contribution in [-0.2, 0) is 6.54 Å². The highest BCUT2D eigenvalue weighted by atomic mass is 16.5. The van der Waals surface area contributed by atoms with E-state index in [1.807, 2.05) is 43.3 Å². The molecule has 0 saturated carbocycles. The third-order valence-electron chi connectivity index (χ3n) is 5.62. The molecule has 2 aromatic heterocycles. The smallest absolute Gasteiger partial charge is 0.134 e. The number of methoxy groups -OCH3 is 2. The molecular formula is C24H28N4O2. The average molecular weight is 405 g/mol. The van der Waals surface area contributed by atoms with Gasteiger partial charge in [-0.25, -0.2) is 9.97 Å². The number of hydrogen-bond acceptors (Lipinski definition) is 6. The van der Waals surface area contributed by atoms with Gasteiger partial charge in [-0.15, -0.1) is 0 Å². The van der Waals surface area contributed by atoms with Crippen molar-refractivity contribution < 1.29 is 9.47 Å². The molecule has 0 bridgehead atoms. The van der Waals surface area contributed by atoms with Gasteiger partial charge in [-0.1, -0.05) is 18.2 Å². The maximum absolute atomic E-state index is 5.60. The van der Waals surface area contributed by atoms with E-state index < -0.39 is 0 Å². The van der Waals surface area contributed by atoms with Crippen LogP contribution in [0.3, 0.4) is 0 Å². The van der Waals surface area contributed by atoms with Crippen molar-refractivity contribution in [1.82, 2.24) is 14.9 Å². The summed E-state index contributed by atoms with van der Waals surface area (Å²) in [5.74, 6) is 3.36. The monoisotopic (exact) mass is 404 g/mol. The molecule has 3 heterocycles. The second-order valence-electron chi connectivity index (χ2n) is 7.51. The van der Waals surface area contributed by atoms with Crippen molar-refractivity contribution in [1.29, 1.82) is 0 Å². The van der Waals surface area contributed by atoms with Crippen molar-refractivity contribution in [3.05, 3.63) is 71.5 Å². The quantitative estimate of drug-likeness (QED) is 0.605. The van der Waals surface area contributed by atoms with E-state index in [4.69, 9.17) is 14.5 Å². The van der Waals surface area contributed by atoms with Crippen LogP contribution in [-0.4, -0.2) is 35.6 Å². The van der Waals surface area contributed by atoms with Gasteiger partial charge in [-0.3, -0.25) is 4.90 Å². The van der Waals surface area contributed by atoms with Gasteiger partial charge in [0.15, 0.2) is 0 Å². The predicted octanol–water partition coefficient (Wildman–Crippen LogP) is 4.88. The predicted molar refractivity (Wildman–Crippen MR) is 118 cm³/mol. The normalized spacial score (nSPS) is 16.4. The lowest BCUT2D eigenvalue weighted by molar-refractivity contribution is 0.236. The lowest BCUT2D eigenvalue weighted by Crippen LogP contribution is -2.24. The summed E-state index contributed by atoms with van der Waals surface area (Å²) in [4.78, 5) is 11.8. The SMILES string of the molecule is COc1cccc(OC)c1CN1CCC[C@@H]1c1cccc(Nc2ncccc2C)n1. The number of anilines is 2. The van der Waals surface area contributed by atoms with E-state index in [2.05, 4.69) is 27.3 Å². The van der Waals surface area contributed by atoms with E-state index in [1.165, 1.54) is 0 Å². The standard InChI is InChI=1S/C24H28N4O2/c1-17-8-6-14-25-24(17)27-23-13-4-9-19(26-23)20-10-7-15-28(20)16-18-21(29-2)11-5-12-22(18)30-3/h4-6,8-9,11-14,20H,7,10,15-16H2,1-3H3,(H,25,26,27)/t20-/m1/s1. The van der Waals surface area contributed by atoms with Crippen molar-refractivity contribution in [3.8, 4) is 11.5 Å². The van der Waals surface area contributed by atoms with Crippen LogP contribution >= 0.6 is 0 Å². The van der Waals surface area contributed by atoms with Gasteiger partial charge in [0.05, 0.1) is 31.5 Å². The van der Waals surface area contributed by atoms with Crippen LogP contribution in [0.15, 0.2) is 54.7 Å². The van der Waals surface area contributed by atoms with Crippen LogP contribution in [0.5, 0.6) is 11.5 Å². The molecule has 156 valence electrons. The molecule has 0 spiro atoms. The number of pyridine rings is 2. The number of likely N-dealkylation sites (tertiary alicyclic amines) is 1. The molecule has 0 amide bonds. The Labute approximate surface area is 177 Å². The molecule has 6 heteroatoms. The zero-order valence-corrected chi connectivity index (χ0v) is 17.8. The largest absolute Gasteiger partial charge is 0.496 e. The van der Waals surface area contributed by atoms with Crippen LogP contribution in [0.25, 0.3) is 0 Å². The molecule has 4 rings (SSSR count). The van der Waals surface area contributed by atoms with Crippen LogP contribution in [0, 0.1) is 6.92 Å². The van der Waals surface area contributed by atoms with Gasteiger partial charge in [0.1, 0.15) is 23.1 Å². The first-order valence-electron chi connectivity index (χ1n) is 10.3. The number of aryl methyl sites for hydroxylation is 1. The van der Waals surface area contributed by atoms with Crippen LogP contribution in [0.1, 0.15) is 35.7 Å². The van der Waals surface area contributed by atoms with E-state index in [0.717, 1.165) is 65.9 Å². The summed E-state index contributed by atoms with van der Waals surface area (Å²) in [5, 5.41) is 3.36. The first-order chi connectivity index (χ1) is 14.7. The Bertz CT molecular complexity index is 986. The summed E-state index contributed by atoms with van der Waals surface area (Å²) in [6, 6.07) is 16.3. The maximum atomic E-state index is 5.60. The minimum absolute atomic E-state index is 0.256. The van der Waals surface area contributed by atoms with Crippen LogP contribution in [0.2, 0.25) is 0 Å². The molecule has 30 heavy (non-hydrogen) atoms. The number of hydrogen-bond donors (Lipinski definition) is 1. The van der Waals surface area contributed by atoms with Gasteiger partial charge in [-0.2, -0.15) is 0 Å². The fraction of sp³-hybridized carbons (Fsp3) is 0.333. The Hall–Kier alpha value is -3.12. The number of nitrogens with one attached hydrogen (secondary N) is 1. The zero-order chi connectivity index (χ0) is 20.9. The van der Waals surface area contributed by atoms with Gasteiger partial charge >= 0.3 is 0 Å². The minimum atomic E-state index is 0.256. The van der Waals surface area contributed by atoms with Crippen molar-refractivity contribution >= 4 is 11.6 Å². The molecule has 0 unspecified atom stereocenters. The summed E-state index contributed by atoms with van der Waals surface area (Å²) in [5.41, 5.74) is 3.24. The minimum Gasteiger partial charge on any atom is -0.496 e. The zero-order valence-electron chi connectivity index (χ0n) is 17.8. The molecule has 0 radical (unpaired) electrons. The molecule has 6 nitrogen and oxygen atoms in total. The fourth-order valence-corrected chi connectivity index (χ4v) is 4.08. The molecule has 1 atom stereocenters. The first-order valence-corrected chi connectivity index (χ1v) is 10.3. The van der Waals surface area contributed by atoms with Crippen molar-refractivity contribution in [2.75, 3.05) is 26.1 Å². The van der Waals surface area contributed by atoms with E-state index in [-0.39, 0.29) is 6.04 Å². The van der Waals surface area contributed by atoms with E-state index in [1.54, 1.807) is 20.4 Å². The summed E-state index contributed by atoms with van der Waals surface area (Å²) in [6.07, 6.45) is 4.01. The maximum Gasteiger partial charge on any atom is 0.134 e. The van der Waals surface area contributed by atoms with Crippen molar-refractivity contribution in [2.24, 2.45) is 0 Å². The Kier molecular flexibility index (Phi) is 6.14. The van der Waals surface area contributed by atoms with Crippen LogP contribution < -0.4 is 14.8 Å². The van der Waals surface area contributed by atoms with Gasteiger partial charge in [-0.05, 0) is 62.2 Å². The number of nitrogens with zero attached hydrogens (tertiary/aromatic N) is 3. The highest BCUT2D eigenvalue weighted by molar-refractivity contribution is 5.55. The second kappa shape index (κ2) is 9.13. The molecule has 1 aliphatic heterocycles. The average Bonchev–Trinajstić information content (AvgIpc) is 3.24. The Morgan fingerprint density at radius 3 is 2.53 bits per heavy atom. The first kappa shape index (κ1) is 20.2. The fourth-order valence-electron chi connectivity index (χ4n) is 4.08. The molecule has 1 aliphatic rings. The van der Waals surface area contributed by atoms with E-state index in [9.17, 15) is 0 Å². The second-order valence-corrected chi connectivity index (χ2v) is 7.51. The molecule has 1 saturated heterocycles. The van der Waals surface area contributed by atoms with Gasteiger partial charge in [0, 0.05) is 12.7 Å². The Balaban J connectivity index is 1.57. The lowest BCUT2D eigenvalue weighted by Gasteiger charge is -2.26. The molecule has 1 fully saturated rings.